The summed E-state index contributed by atoms with van der Waals surface area (Å²) in [6.45, 7) is 0.277. The molecule has 22 heavy (non-hydrogen) atoms. The van der Waals surface area contributed by atoms with Gasteiger partial charge in [-0.05, 0) is 37.1 Å². The van der Waals surface area contributed by atoms with Crippen molar-refractivity contribution in [3.05, 3.63) is 42.0 Å². The molecule has 0 saturated heterocycles. The van der Waals surface area contributed by atoms with E-state index >= 15 is 0 Å². The molecule has 1 saturated carbocycles. The third-order valence-corrected chi connectivity index (χ3v) is 3.33. The van der Waals surface area contributed by atoms with Gasteiger partial charge in [0.2, 0.25) is 0 Å². The topological polar surface area (TPSA) is 74.2 Å². The van der Waals surface area contributed by atoms with E-state index in [4.69, 9.17) is 15.0 Å². The average molecular weight is 326 g/mol. The molecule has 1 aliphatic rings. The molecule has 1 heterocycles. The number of halogens is 2. The number of hydrogen-bond acceptors (Lipinski definition) is 5. The van der Waals surface area contributed by atoms with E-state index in [1.165, 1.54) is 0 Å². The van der Waals surface area contributed by atoms with Crippen LogP contribution in [0.3, 0.4) is 0 Å². The van der Waals surface area contributed by atoms with Crippen molar-refractivity contribution in [3.63, 3.8) is 0 Å². The van der Waals surface area contributed by atoms with Crippen molar-refractivity contribution in [2.75, 3.05) is 13.2 Å². The highest BCUT2D eigenvalue weighted by Crippen LogP contribution is 2.38. The molecular weight excluding hydrogens is 309 g/mol. The predicted molar refractivity (Wildman–Crippen MR) is 82.7 cm³/mol. The van der Waals surface area contributed by atoms with Crippen LogP contribution in [-0.2, 0) is 0 Å². The summed E-state index contributed by atoms with van der Waals surface area (Å²) < 4.78 is 23.1. The summed E-state index contributed by atoms with van der Waals surface area (Å²) in [7, 11) is 0. The third kappa shape index (κ3) is 3.84. The van der Waals surface area contributed by atoms with Crippen molar-refractivity contribution in [2.45, 2.75) is 18.8 Å². The van der Waals surface area contributed by atoms with E-state index < -0.39 is 0 Å². The minimum absolute atomic E-state index is 0. The van der Waals surface area contributed by atoms with E-state index in [0.717, 1.165) is 24.2 Å². The van der Waals surface area contributed by atoms with Gasteiger partial charge >= 0.3 is 0 Å². The fraction of sp³-hybridized carbons (Fsp3) is 0.333. The maximum absolute atomic E-state index is 12.4. The monoisotopic (exact) mass is 325 g/mol. The molecule has 7 heteroatoms. The summed E-state index contributed by atoms with van der Waals surface area (Å²) >= 11 is 0. The molecule has 0 radical (unpaired) electrons. The molecule has 5 nitrogen and oxygen atoms in total. The maximum atomic E-state index is 12.4. The molecule has 1 fully saturated rings. The van der Waals surface area contributed by atoms with Crippen LogP contribution in [0.25, 0.3) is 11.5 Å². The Morgan fingerprint density at radius 3 is 2.68 bits per heavy atom. The van der Waals surface area contributed by atoms with Crippen LogP contribution in [0.2, 0.25) is 0 Å². The van der Waals surface area contributed by atoms with Crippen molar-refractivity contribution in [2.24, 2.45) is 5.73 Å². The van der Waals surface area contributed by atoms with Crippen LogP contribution in [0.1, 0.15) is 24.6 Å². The van der Waals surface area contributed by atoms with Gasteiger partial charge in [0.15, 0.2) is 5.82 Å². The second kappa shape index (κ2) is 7.38. The summed E-state index contributed by atoms with van der Waals surface area (Å²) in [5.74, 6) is 2.39. The molecule has 3 rings (SSSR count). The van der Waals surface area contributed by atoms with E-state index in [1.54, 1.807) is 12.1 Å². The fourth-order valence-electron chi connectivity index (χ4n) is 1.86. The van der Waals surface area contributed by atoms with E-state index in [-0.39, 0.29) is 25.6 Å². The summed E-state index contributed by atoms with van der Waals surface area (Å²) in [6.07, 6.45) is 2.75. The molecule has 2 aromatic rings. The normalized spacial score (nSPS) is 14.5. The highest BCUT2D eigenvalue weighted by Gasteiger charge is 2.28. The average Bonchev–Trinajstić information content (AvgIpc) is 3.26. The van der Waals surface area contributed by atoms with Gasteiger partial charge in [0.05, 0.1) is 6.33 Å². The summed E-state index contributed by atoms with van der Waals surface area (Å²) in [5, 5.41) is 3.98. The molecule has 118 valence electrons. The van der Waals surface area contributed by atoms with Gasteiger partial charge < -0.3 is 15.0 Å². The van der Waals surface area contributed by atoms with E-state index in [2.05, 4.69) is 10.1 Å². The molecule has 0 bridgehead atoms. The van der Waals surface area contributed by atoms with Gasteiger partial charge in [-0.15, -0.1) is 12.4 Å². The number of nitrogens with zero attached hydrogens (tertiary/aromatic N) is 2. The number of hydrogen-bond donors (Lipinski definition) is 1. The molecular formula is C15H17ClFN3O2. The Bertz CT molecular complexity index is 638. The lowest BCUT2D eigenvalue weighted by atomic mass is 10.2. The van der Waals surface area contributed by atoms with Gasteiger partial charge in [0.25, 0.3) is 5.89 Å². The molecule has 1 aliphatic carbocycles. The minimum Gasteiger partial charge on any atom is -0.489 e. The molecule has 0 unspecified atom stereocenters. The SMILES string of the molecule is Cl.NC/C(=C\F)COc1ccc(-c2nc(C3CC3)no2)cc1. The lowest BCUT2D eigenvalue weighted by molar-refractivity contribution is 0.347. The van der Waals surface area contributed by atoms with Gasteiger partial charge in [-0.2, -0.15) is 4.98 Å². The molecule has 0 spiro atoms. The summed E-state index contributed by atoms with van der Waals surface area (Å²) in [5.41, 5.74) is 6.61. The summed E-state index contributed by atoms with van der Waals surface area (Å²) in [4.78, 5) is 4.38. The largest absolute Gasteiger partial charge is 0.489 e. The zero-order valence-corrected chi connectivity index (χ0v) is 12.7. The van der Waals surface area contributed by atoms with Crippen molar-refractivity contribution in [3.8, 4) is 17.2 Å². The number of benzene rings is 1. The predicted octanol–water partition coefficient (Wildman–Crippen LogP) is 3.23. The molecule has 1 aromatic heterocycles. The van der Waals surface area contributed by atoms with Crippen LogP contribution in [0, 0.1) is 0 Å². The molecule has 0 atom stereocenters. The lowest BCUT2D eigenvalue weighted by Crippen LogP contribution is -2.10. The van der Waals surface area contributed by atoms with E-state index in [0.29, 0.717) is 29.5 Å². The first-order valence-electron chi connectivity index (χ1n) is 6.85. The Morgan fingerprint density at radius 1 is 1.36 bits per heavy atom. The number of aromatic nitrogens is 2. The van der Waals surface area contributed by atoms with Crippen molar-refractivity contribution in [1.82, 2.24) is 10.1 Å². The first-order valence-corrected chi connectivity index (χ1v) is 6.85. The van der Waals surface area contributed by atoms with Gasteiger partial charge in [-0.3, -0.25) is 0 Å². The van der Waals surface area contributed by atoms with E-state index in [9.17, 15) is 4.39 Å². The fourth-order valence-corrected chi connectivity index (χ4v) is 1.86. The van der Waals surface area contributed by atoms with Crippen molar-refractivity contribution >= 4 is 12.4 Å². The smallest absolute Gasteiger partial charge is 0.257 e. The number of rotatable bonds is 6. The van der Waals surface area contributed by atoms with Crippen molar-refractivity contribution < 1.29 is 13.7 Å². The van der Waals surface area contributed by atoms with Crippen LogP contribution in [0.4, 0.5) is 4.39 Å². The van der Waals surface area contributed by atoms with E-state index in [1.807, 2.05) is 12.1 Å². The second-order valence-corrected chi connectivity index (χ2v) is 5.02. The quantitative estimate of drug-likeness (QED) is 0.882. The van der Waals surface area contributed by atoms with Gasteiger partial charge in [0, 0.05) is 23.6 Å². The van der Waals surface area contributed by atoms with Crippen molar-refractivity contribution in [1.29, 1.82) is 0 Å². The Kier molecular flexibility index (Phi) is 5.51. The standard InChI is InChI=1S/C15H16FN3O2.ClH/c16-7-10(8-17)9-20-13-5-3-12(4-6-13)15-18-14(19-21-15)11-1-2-11;/h3-7,11H,1-2,8-9,17H2;1H/b10-7+;. The Hall–Kier alpha value is -1.92. The molecule has 0 aliphatic heterocycles. The van der Waals surface area contributed by atoms with Crippen LogP contribution >= 0.6 is 12.4 Å². The number of nitrogens with two attached hydrogens (primary N) is 1. The zero-order valence-electron chi connectivity index (χ0n) is 11.9. The second-order valence-electron chi connectivity index (χ2n) is 5.02. The summed E-state index contributed by atoms with van der Waals surface area (Å²) in [6, 6.07) is 7.23. The first kappa shape index (κ1) is 16.5. The molecule has 1 aromatic carbocycles. The lowest BCUT2D eigenvalue weighted by Gasteiger charge is -2.07. The van der Waals surface area contributed by atoms with Gasteiger partial charge in [-0.25, -0.2) is 4.39 Å². The Morgan fingerprint density at radius 2 is 2.09 bits per heavy atom. The first-order chi connectivity index (χ1) is 10.3. The van der Waals surface area contributed by atoms with Crippen LogP contribution in [0.5, 0.6) is 5.75 Å². The minimum atomic E-state index is 0. The highest BCUT2D eigenvalue weighted by atomic mass is 35.5. The third-order valence-electron chi connectivity index (χ3n) is 3.33. The van der Waals surface area contributed by atoms with Crippen LogP contribution in [0.15, 0.2) is 40.7 Å². The maximum Gasteiger partial charge on any atom is 0.257 e. The Balaban J connectivity index is 0.00000176. The highest BCUT2D eigenvalue weighted by molar-refractivity contribution is 5.85. The van der Waals surface area contributed by atoms with Gasteiger partial charge in [-0.1, -0.05) is 5.16 Å². The zero-order chi connectivity index (χ0) is 14.7. The number of ether oxygens (including phenoxy) is 1. The molecule has 2 N–H and O–H groups in total. The van der Waals surface area contributed by atoms with Gasteiger partial charge in [0.1, 0.15) is 12.4 Å². The van der Waals surface area contributed by atoms with Crippen LogP contribution in [-0.4, -0.2) is 23.3 Å². The van der Waals surface area contributed by atoms with Crippen LogP contribution < -0.4 is 10.5 Å². The molecule has 0 amide bonds. The Labute approximate surface area is 133 Å².